The topological polar surface area (TPSA) is 32.3 Å². The third-order valence-electron chi connectivity index (χ3n) is 4.04. The molecule has 4 heteroatoms. The van der Waals surface area contributed by atoms with E-state index >= 15 is 0 Å². The molecule has 1 aliphatic heterocycles. The molecule has 3 nitrogen and oxygen atoms in total. The zero-order valence-electron chi connectivity index (χ0n) is 10.9. The van der Waals surface area contributed by atoms with Crippen LogP contribution in [0, 0.1) is 5.92 Å². The maximum Gasteiger partial charge on any atom is 0.222 e. The molecule has 2 rings (SSSR count). The average Bonchev–Trinajstić information content (AvgIpc) is 3.14. The Morgan fingerprint density at radius 1 is 1.29 bits per heavy atom. The Kier molecular flexibility index (Phi) is 5.74. The number of hydrogen-bond acceptors (Lipinski definition) is 2. The lowest BCUT2D eigenvalue weighted by Crippen LogP contribution is -2.46. The van der Waals surface area contributed by atoms with Crippen LogP contribution >= 0.6 is 12.4 Å². The van der Waals surface area contributed by atoms with Crippen molar-refractivity contribution in [3.63, 3.8) is 0 Å². The lowest BCUT2D eigenvalue weighted by molar-refractivity contribution is -0.134. The zero-order chi connectivity index (χ0) is 11.5. The first-order chi connectivity index (χ1) is 7.74. The first-order valence-corrected chi connectivity index (χ1v) is 6.76. The van der Waals surface area contributed by atoms with Crippen LogP contribution in [0.15, 0.2) is 0 Å². The Morgan fingerprint density at radius 3 is 2.35 bits per heavy atom. The van der Waals surface area contributed by atoms with Crippen LogP contribution in [0.4, 0.5) is 0 Å². The summed E-state index contributed by atoms with van der Waals surface area (Å²) in [6.45, 7) is 6.47. The molecule has 1 heterocycles. The van der Waals surface area contributed by atoms with Gasteiger partial charge in [-0.1, -0.05) is 6.92 Å². The predicted octanol–water partition coefficient (Wildman–Crippen LogP) is 2.20. The molecule has 2 aliphatic rings. The quantitative estimate of drug-likeness (QED) is 0.841. The van der Waals surface area contributed by atoms with Gasteiger partial charge in [0.2, 0.25) is 5.91 Å². The predicted molar refractivity (Wildman–Crippen MR) is 72.5 cm³/mol. The third-order valence-corrected chi connectivity index (χ3v) is 4.04. The highest BCUT2D eigenvalue weighted by atomic mass is 35.5. The van der Waals surface area contributed by atoms with Gasteiger partial charge in [0.05, 0.1) is 0 Å². The van der Waals surface area contributed by atoms with Crippen molar-refractivity contribution in [3.8, 4) is 0 Å². The second-order valence-electron chi connectivity index (χ2n) is 5.21. The van der Waals surface area contributed by atoms with Gasteiger partial charge in [-0.05, 0) is 51.6 Å². The van der Waals surface area contributed by atoms with Crippen LogP contribution in [-0.4, -0.2) is 36.0 Å². The molecule has 1 saturated heterocycles. The minimum Gasteiger partial charge on any atom is -0.337 e. The molecule has 1 unspecified atom stereocenters. The van der Waals surface area contributed by atoms with E-state index in [1.807, 2.05) is 6.92 Å². The van der Waals surface area contributed by atoms with E-state index in [9.17, 15) is 4.79 Å². The number of halogens is 1. The Hall–Kier alpha value is -0.280. The normalized spacial score (nSPS) is 22.7. The van der Waals surface area contributed by atoms with E-state index in [0.717, 1.165) is 13.1 Å². The Bertz CT molecular complexity index is 250. The number of piperidine rings is 1. The Labute approximate surface area is 111 Å². The van der Waals surface area contributed by atoms with E-state index in [2.05, 4.69) is 17.1 Å². The van der Waals surface area contributed by atoms with Crippen LogP contribution < -0.4 is 5.32 Å². The Balaban J connectivity index is 0.00000144. The maximum absolute atomic E-state index is 12.0. The summed E-state index contributed by atoms with van der Waals surface area (Å²) >= 11 is 0. The first kappa shape index (κ1) is 14.8. The first-order valence-electron chi connectivity index (χ1n) is 6.76. The van der Waals surface area contributed by atoms with Crippen molar-refractivity contribution < 1.29 is 4.79 Å². The molecule has 0 aromatic rings. The van der Waals surface area contributed by atoms with Gasteiger partial charge < -0.3 is 10.2 Å². The SMILES string of the molecule is CCC(=O)N(C1CC1)C(C)C1CCNCC1.Cl. The van der Waals surface area contributed by atoms with Gasteiger partial charge in [0.1, 0.15) is 0 Å². The van der Waals surface area contributed by atoms with Gasteiger partial charge in [-0.2, -0.15) is 0 Å². The fraction of sp³-hybridized carbons (Fsp3) is 0.923. The van der Waals surface area contributed by atoms with Crippen LogP contribution in [0.1, 0.15) is 46.0 Å². The van der Waals surface area contributed by atoms with Crippen molar-refractivity contribution in [2.45, 2.75) is 58.0 Å². The van der Waals surface area contributed by atoms with Crippen LogP contribution in [0.3, 0.4) is 0 Å². The average molecular weight is 261 g/mol. The lowest BCUT2D eigenvalue weighted by atomic mass is 9.90. The number of nitrogens with one attached hydrogen (secondary N) is 1. The van der Waals surface area contributed by atoms with E-state index in [1.54, 1.807) is 0 Å². The third kappa shape index (κ3) is 3.59. The summed E-state index contributed by atoms with van der Waals surface area (Å²) in [6.07, 6.45) is 5.55. The fourth-order valence-electron chi connectivity index (χ4n) is 2.85. The molecule has 0 aromatic carbocycles. The number of hydrogen-bond donors (Lipinski definition) is 1. The van der Waals surface area contributed by atoms with Gasteiger partial charge in [0, 0.05) is 18.5 Å². The number of amides is 1. The van der Waals surface area contributed by atoms with E-state index in [1.165, 1.54) is 25.7 Å². The molecule has 0 bridgehead atoms. The maximum atomic E-state index is 12.0. The number of nitrogens with zero attached hydrogens (tertiary/aromatic N) is 1. The number of carbonyl (C=O) groups is 1. The molecule has 17 heavy (non-hydrogen) atoms. The van der Waals surface area contributed by atoms with E-state index < -0.39 is 0 Å². The van der Waals surface area contributed by atoms with Crippen LogP contribution in [0.2, 0.25) is 0 Å². The molecule has 1 aliphatic carbocycles. The molecular weight excluding hydrogens is 236 g/mol. The van der Waals surface area contributed by atoms with Crippen molar-refractivity contribution in [3.05, 3.63) is 0 Å². The van der Waals surface area contributed by atoms with Gasteiger partial charge in [-0.3, -0.25) is 4.79 Å². The summed E-state index contributed by atoms with van der Waals surface area (Å²) in [5, 5.41) is 3.39. The second-order valence-corrected chi connectivity index (χ2v) is 5.21. The molecule has 0 radical (unpaired) electrons. The summed E-state index contributed by atoms with van der Waals surface area (Å²) in [4.78, 5) is 14.2. The monoisotopic (exact) mass is 260 g/mol. The highest BCUT2D eigenvalue weighted by Gasteiger charge is 2.37. The van der Waals surface area contributed by atoms with E-state index in [0.29, 0.717) is 30.3 Å². The van der Waals surface area contributed by atoms with Gasteiger partial charge in [0.25, 0.3) is 0 Å². The summed E-state index contributed by atoms with van der Waals surface area (Å²) < 4.78 is 0. The van der Waals surface area contributed by atoms with Crippen molar-refractivity contribution in [1.82, 2.24) is 10.2 Å². The van der Waals surface area contributed by atoms with Crippen LogP contribution in [0.25, 0.3) is 0 Å². The molecular formula is C13H25ClN2O. The molecule has 2 fully saturated rings. The summed E-state index contributed by atoms with van der Waals surface area (Å²) in [7, 11) is 0. The smallest absolute Gasteiger partial charge is 0.222 e. The Morgan fingerprint density at radius 2 is 1.88 bits per heavy atom. The number of carbonyl (C=O) groups excluding carboxylic acids is 1. The summed E-state index contributed by atoms with van der Waals surface area (Å²) in [5.41, 5.74) is 0. The van der Waals surface area contributed by atoms with Crippen molar-refractivity contribution in [1.29, 1.82) is 0 Å². The standard InChI is InChI=1S/C13H24N2O.ClH/c1-3-13(16)15(12-4-5-12)10(2)11-6-8-14-9-7-11;/h10-12,14H,3-9H2,1-2H3;1H. The molecule has 1 N–H and O–H groups in total. The minimum atomic E-state index is 0. The summed E-state index contributed by atoms with van der Waals surface area (Å²) in [6, 6.07) is 1.01. The van der Waals surface area contributed by atoms with Crippen molar-refractivity contribution in [2.75, 3.05) is 13.1 Å². The minimum absolute atomic E-state index is 0. The summed E-state index contributed by atoms with van der Waals surface area (Å²) in [5.74, 6) is 1.06. The molecule has 0 aromatic heterocycles. The van der Waals surface area contributed by atoms with Crippen LogP contribution in [-0.2, 0) is 4.79 Å². The van der Waals surface area contributed by atoms with Crippen molar-refractivity contribution >= 4 is 18.3 Å². The largest absolute Gasteiger partial charge is 0.337 e. The molecule has 0 spiro atoms. The van der Waals surface area contributed by atoms with E-state index in [-0.39, 0.29) is 12.4 Å². The van der Waals surface area contributed by atoms with Gasteiger partial charge in [-0.25, -0.2) is 0 Å². The van der Waals surface area contributed by atoms with Crippen LogP contribution in [0.5, 0.6) is 0 Å². The lowest BCUT2D eigenvalue weighted by Gasteiger charge is -2.37. The molecule has 1 atom stereocenters. The highest BCUT2D eigenvalue weighted by Crippen LogP contribution is 2.33. The number of rotatable bonds is 4. The second kappa shape index (κ2) is 6.60. The van der Waals surface area contributed by atoms with Gasteiger partial charge in [-0.15, -0.1) is 12.4 Å². The van der Waals surface area contributed by atoms with Crippen molar-refractivity contribution in [2.24, 2.45) is 5.92 Å². The fourth-order valence-corrected chi connectivity index (χ4v) is 2.85. The molecule has 1 saturated carbocycles. The highest BCUT2D eigenvalue weighted by molar-refractivity contribution is 5.85. The van der Waals surface area contributed by atoms with Gasteiger partial charge >= 0.3 is 0 Å². The van der Waals surface area contributed by atoms with E-state index in [4.69, 9.17) is 0 Å². The molecule has 1 amide bonds. The van der Waals surface area contributed by atoms with Gasteiger partial charge in [0.15, 0.2) is 0 Å². The zero-order valence-corrected chi connectivity index (χ0v) is 11.8. The molecule has 100 valence electrons.